The van der Waals surface area contributed by atoms with Crippen LogP contribution in [0.3, 0.4) is 0 Å². The molecule has 2 aromatic rings. The number of rotatable bonds is 3. The van der Waals surface area contributed by atoms with E-state index in [0.29, 0.717) is 12.2 Å². The van der Waals surface area contributed by atoms with Crippen molar-refractivity contribution in [1.29, 1.82) is 0 Å². The third kappa shape index (κ3) is 3.18. The zero-order valence-corrected chi connectivity index (χ0v) is 13.5. The summed E-state index contributed by atoms with van der Waals surface area (Å²) in [5.41, 5.74) is 3.35. The van der Waals surface area contributed by atoms with Crippen LogP contribution in [-0.4, -0.2) is 26.9 Å². The first-order chi connectivity index (χ1) is 10.9. The number of fused-ring (bicyclic) bond motifs is 1. The van der Waals surface area contributed by atoms with E-state index >= 15 is 0 Å². The molecule has 7 heteroatoms. The summed E-state index contributed by atoms with van der Waals surface area (Å²) < 4.78 is 6.44. The summed E-state index contributed by atoms with van der Waals surface area (Å²) in [6, 6.07) is 1.65. The van der Waals surface area contributed by atoms with Gasteiger partial charge < -0.3 is 9.84 Å². The molecule has 1 unspecified atom stereocenters. The number of amides is 1. The van der Waals surface area contributed by atoms with E-state index in [-0.39, 0.29) is 23.9 Å². The molecule has 0 aliphatic heterocycles. The van der Waals surface area contributed by atoms with Gasteiger partial charge in [-0.05, 0) is 38.7 Å². The van der Waals surface area contributed by atoms with Crippen LogP contribution in [0.4, 0.5) is 0 Å². The normalized spacial score (nSPS) is 16.9. The van der Waals surface area contributed by atoms with Gasteiger partial charge in [0.1, 0.15) is 5.76 Å². The predicted octanol–water partition coefficient (Wildman–Crippen LogP) is 0.601. The fraction of sp³-hybridized carbons (Fsp3) is 0.500. The minimum atomic E-state index is -0.119. The molecule has 1 amide bonds. The van der Waals surface area contributed by atoms with Crippen LogP contribution in [0.25, 0.3) is 0 Å². The molecule has 23 heavy (non-hydrogen) atoms. The maximum absolute atomic E-state index is 12.3. The Bertz CT molecular complexity index is 787. The van der Waals surface area contributed by atoms with Crippen LogP contribution in [0.15, 0.2) is 15.4 Å². The number of aromatic nitrogens is 3. The number of carbonyl (C=O) groups excluding carboxylic acids is 1. The van der Waals surface area contributed by atoms with E-state index in [9.17, 15) is 9.59 Å². The number of hydrogen-bond donors (Lipinski definition) is 1. The average molecular weight is 316 g/mol. The number of carbonyl (C=O) groups is 1. The lowest BCUT2D eigenvalue weighted by Gasteiger charge is -2.24. The second kappa shape index (κ2) is 5.98. The number of nitrogens with zero attached hydrogens (tertiary/aromatic N) is 3. The van der Waals surface area contributed by atoms with E-state index in [1.165, 1.54) is 4.68 Å². The largest absolute Gasteiger partial charge is 0.361 e. The first-order valence-electron chi connectivity index (χ1n) is 7.71. The Balaban J connectivity index is 1.66. The van der Waals surface area contributed by atoms with Crippen molar-refractivity contribution in [2.75, 3.05) is 0 Å². The molecule has 1 aliphatic carbocycles. The summed E-state index contributed by atoms with van der Waals surface area (Å²) in [4.78, 5) is 24.0. The van der Waals surface area contributed by atoms with Gasteiger partial charge in [0.2, 0.25) is 5.91 Å². The van der Waals surface area contributed by atoms with Gasteiger partial charge in [0.25, 0.3) is 5.56 Å². The highest BCUT2D eigenvalue weighted by Crippen LogP contribution is 2.18. The van der Waals surface area contributed by atoms with Gasteiger partial charge in [0.15, 0.2) is 0 Å². The molecule has 1 aliphatic rings. The molecule has 2 aromatic heterocycles. The van der Waals surface area contributed by atoms with Crippen molar-refractivity contribution >= 4 is 5.91 Å². The second-order valence-corrected chi connectivity index (χ2v) is 6.06. The van der Waals surface area contributed by atoms with Gasteiger partial charge in [0.05, 0.1) is 17.8 Å². The Morgan fingerprint density at radius 3 is 2.96 bits per heavy atom. The zero-order valence-electron chi connectivity index (χ0n) is 13.5. The van der Waals surface area contributed by atoms with E-state index in [2.05, 4.69) is 15.6 Å². The third-order valence-electron chi connectivity index (χ3n) is 4.34. The standard InChI is InChI=1S/C16H20N4O3/c1-9-13(10(2)23-19-9)8-15(21)17-12-4-5-14-11(6-12)7-16(22)20(3)18-14/h7,12H,4-6,8H2,1-3H3,(H,17,21). The van der Waals surface area contributed by atoms with Gasteiger partial charge >= 0.3 is 0 Å². The van der Waals surface area contributed by atoms with Crippen molar-refractivity contribution in [1.82, 2.24) is 20.3 Å². The summed E-state index contributed by atoms with van der Waals surface area (Å²) in [5, 5.41) is 11.2. The molecule has 0 saturated heterocycles. The van der Waals surface area contributed by atoms with Crippen LogP contribution in [0, 0.1) is 13.8 Å². The van der Waals surface area contributed by atoms with Crippen LogP contribution in [0.2, 0.25) is 0 Å². The van der Waals surface area contributed by atoms with Gasteiger partial charge in [-0.25, -0.2) is 4.68 Å². The molecule has 7 nitrogen and oxygen atoms in total. The van der Waals surface area contributed by atoms with E-state index < -0.39 is 0 Å². The second-order valence-electron chi connectivity index (χ2n) is 6.06. The predicted molar refractivity (Wildman–Crippen MR) is 83.1 cm³/mol. The molecule has 2 heterocycles. The maximum atomic E-state index is 12.3. The summed E-state index contributed by atoms with van der Waals surface area (Å²) in [7, 11) is 1.65. The molecule has 0 fully saturated rings. The summed E-state index contributed by atoms with van der Waals surface area (Å²) in [6.45, 7) is 3.64. The molecule has 1 atom stereocenters. The third-order valence-corrected chi connectivity index (χ3v) is 4.34. The monoisotopic (exact) mass is 316 g/mol. The number of hydrogen-bond acceptors (Lipinski definition) is 5. The zero-order chi connectivity index (χ0) is 16.6. The van der Waals surface area contributed by atoms with Crippen molar-refractivity contribution in [3.8, 4) is 0 Å². The van der Waals surface area contributed by atoms with Crippen molar-refractivity contribution in [2.45, 2.75) is 45.6 Å². The van der Waals surface area contributed by atoms with Gasteiger partial charge in [-0.3, -0.25) is 9.59 Å². The molecule has 3 rings (SSSR count). The highest BCUT2D eigenvalue weighted by molar-refractivity contribution is 5.79. The first-order valence-corrected chi connectivity index (χ1v) is 7.71. The fourth-order valence-electron chi connectivity index (χ4n) is 3.00. The fourth-order valence-corrected chi connectivity index (χ4v) is 3.00. The Kier molecular flexibility index (Phi) is 4.02. The van der Waals surface area contributed by atoms with Gasteiger partial charge in [-0.2, -0.15) is 5.10 Å². The lowest BCUT2D eigenvalue weighted by molar-refractivity contribution is -0.121. The Hall–Kier alpha value is -2.44. The van der Waals surface area contributed by atoms with Crippen LogP contribution in [0.1, 0.15) is 34.7 Å². The van der Waals surface area contributed by atoms with Crippen molar-refractivity contribution in [3.63, 3.8) is 0 Å². The number of aryl methyl sites for hydroxylation is 4. The van der Waals surface area contributed by atoms with E-state index in [4.69, 9.17) is 4.52 Å². The van der Waals surface area contributed by atoms with Crippen molar-refractivity contribution in [2.24, 2.45) is 7.05 Å². The molecule has 1 N–H and O–H groups in total. The highest BCUT2D eigenvalue weighted by Gasteiger charge is 2.23. The van der Waals surface area contributed by atoms with Crippen LogP contribution >= 0.6 is 0 Å². The molecule has 0 aromatic carbocycles. The lowest BCUT2D eigenvalue weighted by Crippen LogP contribution is -2.40. The van der Waals surface area contributed by atoms with Crippen molar-refractivity contribution in [3.05, 3.63) is 44.7 Å². The van der Waals surface area contributed by atoms with E-state index in [1.54, 1.807) is 20.0 Å². The highest BCUT2D eigenvalue weighted by atomic mass is 16.5. The molecule has 0 saturated carbocycles. The Morgan fingerprint density at radius 1 is 1.48 bits per heavy atom. The summed E-state index contributed by atoms with van der Waals surface area (Å²) >= 11 is 0. The molecule has 0 bridgehead atoms. The molecule has 0 radical (unpaired) electrons. The Morgan fingerprint density at radius 2 is 2.26 bits per heavy atom. The first kappa shape index (κ1) is 15.5. The summed E-state index contributed by atoms with van der Waals surface area (Å²) in [6.07, 6.45) is 2.50. The van der Waals surface area contributed by atoms with Gasteiger partial charge in [-0.1, -0.05) is 5.16 Å². The smallest absolute Gasteiger partial charge is 0.266 e. The van der Waals surface area contributed by atoms with Gasteiger partial charge in [0, 0.05) is 24.7 Å². The SMILES string of the molecule is Cc1noc(C)c1CC(=O)NC1CCc2nn(C)c(=O)cc2C1. The van der Waals surface area contributed by atoms with E-state index in [0.717, 1.165) is 35.4 Å². The quantitative estimate of drug-likeness (QED) is 0.895. The summed E-state index contributed by atoms with van der Waals surface area (Å²) in [5.74, 6) is 0.629. The minimum Gasteiger partial charge on any atom is -0.361 e. The molecule has 0 spiro atoms. The van der Waals surface area contributed by atoms with Crippen LogP contribution in [0.5, 0.6) is 0 Å². The molecular formula is C16H20N4O3. The average Bonchev–Trinajstić information content (AvgIpc) is 2.80. The minimum absolute atomic E-state index is 0.0318. The topological polar surface area (TPSA) is 90.0 Å². The molecular weight excluding hydrogens is 296 g/mol. The Labute approximate surface area is 133 Å². The van der Waals surface area contributed by atoms with Crippen LogP contribution in [-0.2, 0) is 31.1 Å². The maximum Gasteiger partial charge on any atom is 0.266 e. The van der Waals surface area contributed by atoms with Crippen LogP contribution < -0.4 is 10.9 Å². The molecule has 122 valence electrons. The number of nitrogens with one attached hydrogen (secondary N) is 1. The van der Waals surface area contributed by atoms with Crippen molar-refractivity contribution < 1.29 is 9.32 Å². The van der Waals surface area contributed by atoms with E-state index in [1.807, 2.05) is 6.92 Å². The lowest BCUT2D eigenvalue weighted by atomic mass is 9.92. The van der Waals surface area contributed by atoms with Gasteiger partial charge in [-0.15, -0.1) is 0 Å².